The van der Waals surface area contributed by atoms with Crippen molar-refractivity contribution in [1.29, 1.82) is 0 Å². The number of Topliss-reactive ketones (excluding diaryl/α,β-unsaturated/α-hetero) is 1. The minimum Gasteiger partial charge on any atom is -0.490 e. The van der Waals surface area contributed by atoms with Crippen molar-refractivity contribution in [1.82, 2.24) is 14.5 Å². The zero-order chi connectivity index (χ0) is 71.4. The van der Waals surface area contributed by atoms with Crippen molar-refractivity contribution in [3.05, 3.63) is 40.4 Å². The van der Waals surface area contributed by atoms with Crippen LogP contribution in [0.1, 0.15) is 385 Å². The fourth-order valence-corrected chi connectivity index (χ4v) is 13.0. The molecule has 568 valence electrons. The van der Waals surface area contributed by atoms with Crippen LogP contribution in [0.5, 0.6) is 17.2 Å². The molecular formula is C82H142N4O13. The van der Waals surface area contributed by atoms with Gasteiger partial charge in [-0.3, -0.25) is 23.7 Å². The molecule has 0 aliphatic carbocycles. The molecule has 0 unspecified atom stereocenters. The lowest BCUT2D eigenvalue weighted by Crippen LogP contribution is -2.31. The molecule has 1 saturated heterocycles. The van der Waals surface area contributed by atoms with E-state index in [0.717, 1.165) is 51.4 Å². The molecule has 1 aliphatic rings. The van der Waals surface area contributed by atoms with Crippen molar-refractivity contribution in [3.8, 4) is 17.2 Å². The number of hydrogen-bond acceptors (Lipinski definition) is 14. The van der Waals surface area contributed by atoms with E-state index in [2.05, 4.69) is 31.1 Å². The van der Waals surface area contributed by atoms with E-state index in [1.54, 1.807) is 19.2 Å². The van der Waals surface area contributed by atoms with Crippen LogP contribution < -0.4 is 25.2 Å². The Morgan fingerprint density at radius 1 is 0.515 bits per heavy atom. The summed E-state index contributed by atoms with van der Waals surface area (Å²) in [6, 6.07) is 4.95. The SMILES string of the molecule is CCCCCCCCCCCCCCCCCCOc1cc(C(=O)N(C)CCOC(=O)CCC(=O)Nc2ccn([C@H]3C[C@@H](OC(=O)CCC(C)=O)[C@@H](CO)O3)c(=O)n2)cc(OCCCCCCCCCCCCCCCCCC)c1OCCCCCCCCCCCCCCCCCC. The first kappa shape index (κ1) is 88.2. The molecule has 0 bridgehead atoms. The van der Waals surface area contributed by atoms with Crippen molar-refractivity contribution in [2.45, 2.75) is 386 Å². The Hall–Kier alpha value is -5.03. The predicted octanol–water partition coefficient (Wildman–Crippen LogP) is 20.8. The van der Waals surface area contributed by atoms with E-state index in [4.69, 9.17) is 28.4 Å². The largest absolute Gasteiger partial charge is 0.490 e. The number of anilines is 1. The maximum atomic E-state index is 14.4. The highest BCUT2D eigenvalue weighted by atomic mass is 16.6. The average Bonchev–Trinajstić information content (AvgIpc) is 1.45. The lowest BCUT2D eigenvalue weighted by molar-refractivity contribution is -0.154. The summed E-state index contributed by atoms with van der Waals surface area (Å²) >= 11 is 0. The zero-order valence-corrected chi connectivity index (χ0v) is 63.4. The van der Waals surface area contributed by atoms with Gasteiger partial charge in [0.05, 0.1) is 45.8 Å². The standard InChI is InChI=1S/C82H142N4O13/c1-6-9-12-15-18-21-24-27-30-33-36-39-42-45-48-51-61-94-72-65-70(81(92)85(5)60-64-96-78(90)57-55-76(89)83-75-58-59-86(82(93)84-75)77-67-71(74(68-87)98-77)99-79(91)56-54-69(4)88)66-73(95-62-52-49-46-43-40-37-34-31-28-25-22-19-16-13-10-7-2)80(72)97-63-53-50-47-44-41-38-35-32-29-26-23-20-17-14-11-8-3/h58-59,65-66,71,74,77,87H,6-57,60-64,67-68H2,1-5H3,(H,83,84,89,93)/t71-,74-,77-/m1/s1. The molecule has 2 heterocycles. The Morgan fingerprint density at radius 3 is 1.26 bits per heavy atom. The highest BCUT2D eigenvalue weighted by Gasteiger charge is 2.39. The fraction of sp³-hybridized carbons (Fsp3) is 0.817. The second-order valence-corrected chi connectivity index (χ2v) is 28.5. The van der Waals surface area contributed by atoms with Crippen molar-refractivity contribution in [2.75, 3.05) is 51.9 Å². The van der Waals surface area contributed by atoms with Gasteiger partial charge in [-0.15, -0.1) is 0 Å². The van der Waals surface area contributed by atoms with Crippen LogP contribution in [0.25, 0.3) is 0 Å². The van der Waals surface area contributed by atoms with Crippen LogP contribution in [0.4, 0.5) is 5.82 Å². The number of esters is 2. The van der Waals surface area contributed by atoms with Gasteiger partial charge < -0.3 is 48.5 Å². The molecule has 1 aromatic heterocycles. The number of unbranched alkanes of at least 4 members (excludes halogenated alkanes) is 45. The predicted molar refractivity (Wildman–Crippen MR) is 401 cm³/mol. The summed E-state index contributed by atoms with van der Waals surface area (Å²) in [5.74, 6) is -0.757. The van der Waals surface area contributed by atoms with E-state index in [-0.39, 0.29) is 62.8 Å². The van der Waals surface area contributed by atoms with E-state index in [0.29, 0.717) is 42.6 Å². The number of carbonyl (C=O) groups is 5. The minimum absolute atomic E-state index is 0.0256. The number of hydrogen-bond donors (Lipinski definition) is 2. The Bertz CT molecular complexity index is 2380. The van der Waals surface area contributed by atoms with Crippen molar-refractivity contribution >= 4 is 35.4 Å². The molecule has 0 spiro atoms. The quantitative estimate of drug-likeness (QED) is 0.0466. The number of nitrogens with zero attached hydrogens (tertiary/aromatic N) is 3. The highest BCUT2D eigenvalue weighted by Crippen LogP contribution is 2.40. The van der Waals surface area contributed by atoms with Gasteiger partial charge in [-0.2, -0.15) is 4.98 Å². The first-order chi connectivity index (χ1) is 48.4. The monoisotopic (exact) mass is 1390 g/mol. The van der Waals surface area contributed by atoms with Gasteiger partial charge in [0, 0.05) is 38.1 Å². The molecule has 2 amide bonds. The van der Waals surface area contributed by atoms with Gasteiger partial charge in [0.1, 0.15) is 36.6 Å². The third-order valence-electron chi connectivity index (χ3n) is 19.3. The van der Waals surface area contributed by atoms with Gasteiger partial charge >= 0.3 is 17.6 Å². The summed E-state index contributed by atoms with van der Waals surface area (Å²) in [6.45, 7) is 9.23. The van der Waals surface area contributed by atoms with Gasteiger partial charge in [0.2, 0.25) is 11.7 Å². The Morgan fingerprint density at radius 2 is 0.889 bits per heavy atom. The Labute approximate surface area is 600 Å². The smallest absolute Gasteiger partial charge is 0.351 e. The number of rotatable bonds is 68. The molecule has 2 N–H and O–H groups in total. The number of carbonyl (C=O) groups excluding carboxylic acids is 5. The van der Waals surface area contributed by atoms with E-state index in [1.165, 1.54) is 285 Å². The number of amides is 2. The first-order valence-corrected chi connectivity index (χ1v) is 40.7. The third kappa shape index (κ3) is 44.9. The number of ketones is 1. The van der Waals surface area contributed by atoms with Crippen LogP contribution in [-0.4, -0.2) is 108 Å². The molecule has 17 heteroatoms. The molecule has 99 heavy (non-hydrogen) atoms. The Kier molecular flexibility index (Phi) is 53.9. The van der Waals surface area contributed by atoms with Crippen molar-refractivity contribution in [3.63, 3.8) is 0 Å². The van der Waals surface area contributed by atoms with Crippen molar-refractivity contribution < 1.29 is 57.5 Å². The second-order valence-electron chi connectivity index (χ2n) is 28.5. The maximum absolute atomic E-state index is 14.4. The maximum Gasteiger partial charge on any atom is 0.351 e. The number of aliphatic hydroxyl groups is 1. The first-order valence-electron chi connectivity index (χ1n) is 40.7. The van der Waals surface area contributed by atoms with Crippen LogP contribution in [0.3, 0.4) is 0 Å². The van der Waals surface area contributed by atoms with Gasteiger partial charge in [-0.05, 0) is 44.4 Å². The molecule has 2 aromatic rings. The molecule has 17 nitrogen and oxygen atoms in total. The van der Waals surface area contributed by atoms with Gasteiger partial charge in [-0.1, -0.05) is 310 Å². The summed E-state index contributed by atoms with van der Waals surface area (Å²) in [5, 5.41) is 12.4. The molecule has 1 aromatic carbocycles. The van der Waals surface area contributed by atoms with Crippen LogP contribution in [-0.2, 0) is 33.4 Å². The van der Waals surface area contributed by atoms with Crippen molar-refractivity contribution in [2.24, 2.45) is 0 Å². The molecule has 3 atom stereocenters. The molecule has 1 fully saturated rings. The Balaban J connectivity index is 1.60. The summed E-state index contributed by atoms with van der Waals surface area (Å²) in [6.07, 6.45) is 60.0. The molecule has 0 saturated carbocycles. The number of likely N-dealkylation sites (N-methyl/N-ethyl adjacent to an activating group) is 1. The topological polar surface area (TPSA) is 211 Å². The lowest BCUT2D eigenvalue weighted by Gasteiger charge is -2.21. The summed E-state index contributed by atoms with van der Waals surface area (Å²) in [5.41, 5.74) is -0.373. The number of aromatic nitrogens is 2. The van der Waals surface area contributed by atoms with Crippen LogP contribution >= 0.6 is 0 Å². The van der Waals surface area contributed by atoms with Crippen LogP contribution in [0, 0.1) is 0 Å². The second kappa shape index (κ2) is 60.5. The zero-order valence-electron chi connectivity index (χ0n) is 63.4. The highest BCUT2D eigenvalue weighted by molar-refractivity contribution is 5.95. The minimum atomic E-state index is -0.908. The van der Waals surface area contributed by atoms with Gasteiger partial charge in [0.25, 0.3) is 5.91 Å². The molecule has 1 aliphatic heterocycles. The molecule has 3 rings (SSSR count). The average molecular weight is 1390 g/mol. The number of benzene rings is 1. The van der Waals surface area contributed by atoms with Gasteiger partial charge in [-0.25, -0.2) is 4.79 Å². The number of ether oxygens (including phenoxy) is 6. The van der Waals surface area contributed by atoms with E-state index in [1.807, 2.05) is 0 Å². The number of nitrogens with one attached hydrogen (secondary N) is 1. The molecular weight excluding hydrogens is 1250 g/mol. The van der Waals surface area contributed by atoms with Gasteiger partial charge in [0.15, 0.2) is 11.5 Å². The van der Waals surface area contributed by atoms with E-state index in [9.17, 15) is 33.9 Å². The third-order valence-corrected chi connectivity index (χ3v) is 19.3. The molecule has 0 radical (unpaired) electrons. The summed E-state index contributed by atoms with van der Waals surface area (Å²) < 4.78 is 37.8. The summed E-state index contributed by atoms with van der Waals surface area (Å²) in [7, 11) is 1.66. The number of aliphatic hydroxyl groups excluding tert-OH is 1. The van der Waals surface area contributed by atoms with E-state index >= 15 is 0 Å². The fourth-order valence-electron chi connectivity index (χ4n) is 13.0. The summed E-state index contributed by atoms with van der Waals surface area (Å²) in [4.78, 5) is 82.4. The lowest BCUT2D eigenvalue weighted by atomic mass is 10.0. The van der Waals surface area contributed by atoms with E-state index < -0.39 is 48.6 Å². The normalized spacial score (nSPS) is 14.3. The van der Waals surface area contributed by atoms with Crippen LogP contribution in [0.15, 0.2) is 29.2 Å². The van der Waals surface area contributed by atoms with Crippen LogP contribution in [0.2, 0.25) is 0 Å².